The maximum absolute atomic E-state index is 10.7. The molecule has 0 aromatic heterocycles. The molecule has 1 rings (SSSR count). The second-order valence-corrected chi connectivity index (χ2v) is 5.36. The van der Waals surface area contributed by atoms with Gasteiger partial charge in [0, 0.05) is 24.1 Å². The lowest BCUT2D eigenvalue weighted by Gasteiger charge is -2.28. The highest BCUT2D eigenvalue weighted by Crippen LogP contribution is 2.29. The fraction of sp³-hybridized carbons (Fsp3) is 0.600. The monoisotopic (exact) mass is 264 g/mol. The second kappa shape index (κ2) is 7.24. The van der Waals surface area contributed by atoms with E-state index in [1.165, 1.54) is 0 Å². The van der Waals surface area contributed by atoms with E-state index in [9.17, 15) is 10.1 Å². The molecule has 4 heteroatoms. The fourth-order valence-electron chi connectivity index (χ4n) is 2.57. The molecule has 0 saturated heterocycles. The maximum atomic E-state index is 10.7. The lowest BCUT2D eigenvalue weighted by atomic mass is 9.83. The number of non-ortho nitro benzene ring substituents is 1. The van der Waals surface area contributed by atoms with Crippen LogP contribution in [0.5, 0.6) is 0 Å². The van der Waals surface area contributed by atoms with Gasteiger partial charge in [-0.2, -0.15) is 0 Å². The van der Waals surface area contributed by atoms with Gasteiger partial charge < -0.3 is 5.32 Å². The summed E-state index contributed by atoms with van der Waals surface area (Å²) in [5.41, 5.74) is 1.32. The highest BCUT2D eigenvalue weighted by molar-refractivity contribution is 5.35. The quantitative estimate of drug-likeness (QED) is 0.603. The molecular weight excluding hydrogens is 240 g/mol. The van der Waals surface area contributed by atoms with Crippen LogP contribution in [-0.2, 0) is 0 Å². The molecule has 2 unspecified atom stereocenters. The minimum atomic E-state index is -0.354. The Kier molecular flexibility index (Phi) is 5.96. The van der Waals surface area contributed by atoms with Gasteiger partial charge in [-0.25, -0.2) is 0 Å². The molecule has 1 aromatic carbocycles. The lowest BCUT2D eigenvalue weighted by molar-refractivity contribution is -0.384. The van der Waals surface area contributed by atoms with Gasteiger partial charge in [0.2, 0.25) is 0 Å². The van der Waals surface area contributed by atoms with Crippen LogP contribution in [0.2, 0.25) is 0 Å². The van der Waals surface area contributed by atoms with Crippen LogP contribution in [0.4, 0.5) is 5.69 Å². The molecule has 4 nitrogen and oxygen atoms in total. The second-order valence-electron chi connectivity index (χ2n) is 5.36. The molecule has 1 N–H and O–H groups in total. The number of nitro benzene ring substituents is 1. The number of nitrogens with zero attached hydrogens (tertiary/aromatic N) is 1. The number of hydrogen-bond acceptors (Lipinski definition) is 3. The Bertz CT molecular complexity index is 401. The number of hydrogen-bond donors (Lipinski definition) is 1. The molecule has 0 aliphatic rings. The molecule has 2 atom stereocenters. The van der Waals surface area contributed by atoms with Gasteiger partial charge in [0.05, 0.1) is 4.92 Å². The Morgan fingerprint density at radius 1 is 1.21 bits per heavy atom. The van der Waals surface area contributed by atoms with Crippen molar-refractivity contribution >= 4 is 5.69 Å². The van der Waals surface area contributed by atoms with Crippen LogP contribution in [0.3, 0.4) is 0 Å². The van der Waals surface area contributed by atoms with E-state index in [-0.39, 0.29) is 10.6 Å². The molecular formula is C15H24N2O2. The molecule has 0 aliphatic carbocycles. The van der Waals surface area contributed by atoms with E-state index in [4.69, 9.17) is 0 Å². The zero-order valence-corrected chi connectivity index (χ0v) is 12.2. The van der Waals surface area contributed by atoms with E-state index in [0.29, 0.717) is 17.9 Å². The topological polar surface area (TPSA) is 55.2 Å². The Labute approximate surface area is 115 Å². The minimum absolute atomic E-state index is 0.153. The molecule has 0 spiro atoms. The Hall–Kier alpha value is -1.42. The fourth-order valence-corrected chi connectivity index (χ4v) is 2.57. The number of nitrogens with one attached hydrogen (secondary N) is 1. The minimum Gasteiger partial charge on any atom is -0.314 e. The summed E-state index contributed by atoms with van der Waals surface area (Å²) in [6.07, 6.45) is 1.11. The van der Waals surface area contributed by atoms with Gasteiger partial charge in [0.25, 0.3) is 5.69 Å². The van der Waals surface area contributed by atoms with Gasteiger partial charge in [-0.15, -0.1) is 0 Å². The molecule has 0 bridgehead atoms. The highest BCUT2D eigenvalue weighted by Gasteiger charge is 2.22. The third kappa shape index (κ3) is 4.31. The summed E-state index contributed by atoms with van der Waals surface area (Å²) in [4.78, 5) is 10.3. The van der Waals surface area contributed by atoms with Crippen LogP contribution >= 0.6 is 0 Å². The molecule has 0 saturated carbocycles. The van der Waals surface area contributed by atoms with Crippen molar-refractivity contribution in [2.45, 2.75) is 46.1 Å². The summed E-state index contributed by atoms with van der Waals surface area (Å²) in [6, 6.07) is 7.32. The van der Waals surface area contributed by atoms with Crippen molar-refractivity contribution in [3.05, 3.63) is 39.9 Å². The number of benzene rings is 1. The van der Waals surface area contributed by atoms with E-state index >= 15 is 0 Å². The summed E-state index contributed by atoms with van der Waals surface area (Å²) in [5, 5.41) is 14.2. The highest BCUT2D eigenvalue weighted by atomic mass is 16.6. The van der Waals surface area contributed by atoms with Gasteiger partial charge in [0.15, 0.2) is 0 Å². The molecule has 0 amide bonds. The summed E-state index contributed by atoms with van der Waals surface area (Å²) in [7, 11) is 0. The molecule has 0 heterocycles. The molecule has 0 fully saturated rings. The number of rotatable bonds is 7. The van der Waals surface area contributed by atoms with Crippen LogP contribution in [-0.4, -0.2) is 17.5 Å². The lowest BCUT2D eigenvalue weighted by Crippen LogP contribution is -2.35. The smallest absolute Gasteiger partial charge is 0.269 e. The van der Waals surface area contributed by atoms with Crippen molar-refractivity contribution in [3.8, 4) is 0 Å². The molecule has 0 radical (unpaired) electrons. The molecule has 106 valence electrons. The predicted octanol–water partition coefficient (Wildman–Crippen LogP) is 3.72. The zero-order chi connectivity index (χ0) is 14.4. The van der Waals surface area contributed by atoms with Gasteiger partial charge in [-0.1, -0.05) is 32.9 Å². The summed E-state index contributed by atoms with van der Waals surface area (Å²) in [6.45, 7) is 9.71. The van der Waals surface area contributed by atoms with Crippen molar-refractivity contribution in [2.75, 3.05) is 6.54 Å². The third-order valence-electron chi connectivity index (χ3n) is 3.46. The first kappa shape index (κ1) is 15.6. The van der Waals surface area contributed by atoms with Crippen LogP contribution in [0.1, 0.15) is 45.6 Å². The van der Waals surface area contributed by atoms with E-state index in [1.807, 2.05) is 12.1 Å². The van der Waals surface area contributed by atoms with Crippen LogP contribution in [0.15, 0.2) is 24.3 Å². The van der Waals surface area contributed by atoms with Crippen molar-refractivity contribution in [1.82, 2.24) is 5.32 Å². The Balaban J connectivity index is 2.89. The van der Waals surface area contributed by atoms with Crippen LogP contribution in [0.25, 0.3) is 0 Å². The zero-order valence-electron chi connectivity index (χ0n) is 12.2. The number of nitro groups is 1. The predicted molar refractivity (Wildman–Crippen MR) is 78.4 cm³/mol. The van der Waals surface area contributed by atoms with Gasteiger partial charge in [-0.3, -0.25) is 10.1 Å². The van der Waals surface area contributed by atoms with E-state index < -0.39 is 0 Å². The van der Waals surface area contributed by atoms with Crippen molar-refractivity contribution in [1.29, 1.82) is 0 Å². The van der Waals surface area contributed by atoms with Crippen molar-refractivity contribution in [2.24, 2.45) is 5.92 Å². The Morgan fingerprint density at radius 2 is 1.79 bits per heavy atom. The van der Waals surface area contributed by atoms with Gasteiger partial charge in [0.1, 0.15) is 0 Å². The van der Waals surface area contributed by atoms with Crippen molar-refractivity contribution in [3.63, 3.8) is 0 Å². The molecule has 19 heavy (non-hydrogen) atoms. The molecule has 0 aliphatic heterocycles. The largest absolute Gasteiger partial charge is 0.314 e. The Morgan fingerprint density at radius 3 is 2.21 bits per heavy atom. The third-order valence-corrected chi connectivity index (χ3v) is 3.46. The van der Waals surface area contributed by atoms with Crippen LogP contribution < -0.4 is 5.32 Å². The maximum Gasteiger partial charge on any atom is 0.269 e. The van der Waals surface area contributed by atoms with Crippen molar-refractivity contribution < 1.29 is 4.92 Å². The van der Waals surface area contributed by atoms with E-state index in [1.54, 1.807) is 12.1 Å². The summed E-state index contributed by atoms with van der Waals surface area (Å²) < 4.78 is 0. The first-order valence-corrected chi connectivity index (χ1v) is 6.95. The first-order chi connectivity index (χ1) is 8.97. The average molecular weight is 264 g/mol. The summed E-state index contributed by atoms with van der Waals surface area (Å²) in [5.74, 6) is 0.855. The first-order valence-electron chi connectivity index (χ1n) is 6.95. The van der Waals surface area contributed by atoms with Crippen LogP contribution in [0, 0.1) is 16.0 Å². The van der Waals surface area contributed by atoms with Gasteiger partial charge in [-0.05, 0) is 31.4 Å². The normalized spacial score (nSPS) is 14.4. The SMILES string of the molecule is CCCNC(C)C(c1ccc([N+](=O)[O-])cc1)C(C)C. The summed E-state index contributed by atoms with van der Waals surface area (Å²) >= 11 is 0. The average Bonchev–Trinajstić information content (AvgIpc) is 2.36. The molecule has 1 aromatic rings. The van der Waals surface area contributed by atoms with E-state index in [0.717, 1.165) is 18.5 Å². The standard InChI is InChI=1S/C15H24N2O2/c1-5-10-16-12(4)15(11(2)3)13-6-8-14(9-7-13)17(18)19/h6-9,11-12,15-16H,5,10H2,1-4H3. The van der Waals surface area contributed by atoms with Gasteiger partial charge >= 0.3 is 0 Å². The van der Waals surface area contributed by atoms with E-state index in [2.05, 4.69) is 33.0 Å².